The summed E-state index contributed by atoms with van der Waals surface area (Å²) in [6, 6.07) is 18.9. The van der Waals surface area contributed by atoms with Gasteiger partial charge in [0, 0.05) is 20.0 Å². The van der Waals surface area contributed by atoms with Gasteiger partial charge in [0.05, 0.1) is 11.0 Å². The molecule has 0 fully saturated rings. The van der Waals surface area contributed by atoms with Crippen LogP contribution in [0.2, 0.25) is 0 Å². The average Bonchev–Trinajstić information content (AvgIpc) is 2.85. The zero-order chi connectivity index (χ0) is 14.5. The molecule has 1 N–H and O–H groups in total. The van der Waals surface area contributed by atoms with Crippen LogP contribution in [0.1, 0.15) is 11.4 Å². The lowest BCUT2D eigenvalue weighted by Crippen LogP contribution is -2.21. The third kappa shape index (κ3) is 3.31. The number of hydrogen-bond donors (Lipinski definition) is 1. The van der Waals surface area contributed by atoms with E-state index in [2.05, 4.69) is 65.5 Å². The van der Waals surface area contributed by atoms with Crippen LogP contribution in [0.15, 0.2) is 54.6 Å². The molecule has 108 valence electrons. The molecule has 3 heteroatoms. The van der Waals surface area contributed by atoms with Crippen LogP contribution in [0.25, 0.3) is 11.0 Å². The number of nitrogens with zero attached hydrogens (tertiary/aromatic N) is 2. The molecule has 0 atom stereocenters. The number of rotatable bonds is 6. The largest absolute Gasteiger partial charge is 0.331 e. The van der Waals surface area contributed by atoms with Gasteiger partial charge in [-0.2, -0.15) is 0 Å². The van der Waals surface area contributed by atoms with Crippen molar-refractivity contribution in [2.45, 2.75) is 12.8 Å². The molecule has 3 rings (SSSR count). The van der Waals surface area contributed by atoms with Gasteiger partial charge in [-0.1, -0.05) is 42.5 Å². The van der Waals surface area contributed by atoms with Crippen molar-refractivity contribution in [2.75, 3.05) is 13.1 Å². The van der Waals surface area contributed by atoms with Crippen molar-refractivity contribution in [3.8, 4) is 0 Å². The Morgan fingerprint density at radius 1 is 0.905 bits per heavy atom. The van der Waals surface area contributed by atoms with E-state index in [1.807, 2.05) is 6.07 Å². The maximum Gasteiger partial charge on any atom is 0.110 e. The molecule has 0 saturated heterocycles. The minimum absolute atomic E-state index is 0.958. The van der Waals surface area contributed by atoms with E-state index in [9.17, 15) is 0 Å². The SMILES string of the molecule is Cn1c(CCNCCc2ccccc2)nc2ccccc21. The van der Waals surface area contributed by atoms with Gasteiger partial charge in [0.1, 0.15) is 5.82 Å². The Hall–Kier alpha value is -2.13. The summed E-state index contributed by atoms with van der Waals surface area (Å²) in [7, 11) is 2.09. The maximum atomic E-state index is 4.69. The Kier molecular flexibility index (Phi) is 4.31. The van der Waals surface area contributed by atoms with Crippen LogP contribution >= 0.6 is 0 Å². The Morgan fingerprint density at radius 3 is 2.43 bits per heavy atom. The van der Waals surface area contributed by atoms with Crippen LogP contribution < -0.4 is 5.32 Å². The van der Waals surface area contributed by atoms with Crippen LogP contribution in [0.3, 0.4) is 0 Å². The number of para-hydroxylation sites is 2. The van der Waals surface area contributed by atoms with Gasteiger partial charge in [0.2, 0.25) is 0 Å². The van der Waals surface area contributed by atoms with E-state index >= 15 is 0 Å². The Morgan fingerprint density at radius 2 is 1.62 bits per heavy atom. The molecule has 0 bridgehead atoms. The minimum atomic E-state index is 0.958. The third-order valence-corrected chi connectivity index (χ3v) is 3.84. The molecule has 0 saturated carbocycles. The summed E-state index contributed by atoms with van der Waals surface area (Å²) in [4.78, 5) is 4.69. The Labute approximate surface area is 125 Å². The minimum Gasteiger partial charge on any atom is -0.331 e. The molecule has 0 unspecified atom stereocenters. The highest BCUT2D eigenvalue weighted by molar-refractivity contribution is 5.75. The molecule has 0 aliphatic heterocycles. The number of hydrogen-bond acceptors (Lipinski definition) is 2. The quantitative estimate of drug-likeness (QED) is 0.703. The van der Waals surface area contributed by atoms with E-state index in [1.165, 1.54) is 11.1 Å². The summed E-state index contributed by atoms with van der Waals surface area (Å²) in [6.45, 7) is 1.97. The van der Waals surface area contributed by atoms with Gasteiger partial charge < -0.3 is 9.88 Å². The molecule has 2 aromatic carbocycles. The molecular formula is C18H21N3. The summed E-state index contributed by atoms with van der Waals surface area (Å²) in [5.41, 5.74) is 3.67. The lowest BCUT2D eigenvalue weighted by molar-refractivity contribution is 0.656. The van der Waals surface area contributed by atoms with Gasteiger partial charge in [0.15, 0.2) is 0 Å². The smallest absolute Gasteiger partial charge is 0.110 e. The topological polar surface area (TPSA) is 29.9 Å². The molecule has 3 nitrogen and oxygen atoms in total. The van der Waals surface area contributed by atoms with Crippen LogP contribution in [0.5, 0.6) is 0 Å². The monoisotopic (exact) mass is 279 g/mol. The highest BCUT2D eigenvalue weighted by Gasteiger charge is 2.05. The van der Waals surface area contributed by atoms with Crippen molar-refractivity contribution in [3.05, 3.63) is 66.0 Å². The number of fused-ring (bicyclic) bond motifs is 1. The highest BCUT2D eigenvalue weighted by atomic mass is 15.1. The molecule has 0 spiro atoms. The van der Waals surface area contributed by atoms with E-state index in [1.54, 1.807) is 0 Å². The van der Waals surface area contributed by atoms with Gasteiger partial charge >= 0.3 is 0 Å². The molecule has 0 aliphatic carbocycles. The zero-order valence-electron chi connectivity index (χ0n) is 12.4. The van der Waals surface area contributed by atoms with Gasteiger partial charge in [-0.15, -0.1) is 0 Å². The first-order valence-electron chi connectivity index (χ1n) is 7.49. The maximum absolute atomic E-state index is 4.69. The standard InChI is InChI=1S/C18H21N3/c1-21-17-10-6-5-9-16(17)20-18(21)12-14-19-13-11-15-7-3-2-4-8-15/h2-10,19H,11-14H2,1H3. The van der Waals surface area contributed by atoms with Gasteiger partial charge in [-0.3, -0.25) is 0 Å². The number of aryl methyl sites for hydroxylation is 1. The fourth-order valence-electron chi connectivity index (χ4n) is 2.62. The fourth-order valence-corrected chi connectivity index (χ4v) is 2.62. The van der Waals surface area contributed by atoms with Crippen molar-refractivity contribution < 1.29 is 0 Å². The molecular weight excluding hydrogens is 258 g/mol. The summed E-state index contributed by atoms with van der Waals surface area (Å²) < 4.78 is 2.19. The van der Waals surface area contributed by atoms with Crippen LogP contribution in [0.4, 0.5) is 0 Å². The number of imidazole rings is 1. The average molecular weight is 279 g/mol. The number of aromatic nitrogens is 2. The molecule has 1 heterocycles. The summed E-state index contributed by atoms with van der Waals surface area (Å²) >= 11 is 0. The first kappa shape index (κ1) is 13.8. The first-order chi connectivity index (χ1) is 10.3. The summed E-state index contributed by atoms with van der Waals surface area (Å²) in [5.74, 6) is 1.14. The van der Waals surface area contributed by atoms with E-state index in [0.29, 0.717) is 0 Å². The first-order valence-corrected chi connectivity index (χ1v) is 7.49. The molecule has 21 heavy (non-hydrogen) atoms. The van der Waals surface area contributed by atoms with Crippen molar-refractivity contribution >= 4 is 11.0 Å². The molecule has 3 aromatic rings. The van der Waals surface area contributed by atoms with Crippen LogP contribution in [-0.2, 0) is 19.9 Å². The van der Waals surface area contributed by atoms with E-state index < -0.39 is 0 Å². The second-order valence-electron chi connectivity index (χ2n) is 5.31. The fraction of sp³-hybridized carbons (Fsp3) is 0.278. The van der Waals surface area contributed by atoms with E-state index in [4.69, 9.17) is 4.98 Å². The number of nitrogens with one attached hydrogen (secondary N) is 1. The van der Waals surface area contributed by atoms with Crippen molar-refractivity contribution in [1.29, 1.82) is 0 Å². The predicted molar refractivity (Wildman–Crippen MR) is 87.4 cm³/mol. The highest BCUT2D eigenvalue weighted by Crippen LogP contribution is 2.14. The summed E-state index contributed by atoms with van der Waals surface area (Å²) in [6.07, 6.45) is 2.03. The molecule has 0 radical (unpaired) electrons. The zero-order valence-corrected chi connectivity index (χ0v) is 12.4. The van der Waals surface area contributed by atoms with Crippen LogP contribution in [-0.4, -0.2) is 22.6 Å². The van der Waals surface area contributed by atoms with Gasteiger partial charge in [0.25, 0.3) is 0 Å². The van der Waals surface area contributed by atoms with Gasteiger partial charge in [-0.25, -0.2) is 4.98 Å². The molecule has 0 aliphatic rings. The van der Waals surface area contributed by atoms with Crippen molar-refractivity contribution in [3.63, 3.8) is 0 Å². The molecule has 1 aromatic heterocycles. The lowest BCUT2D eigenvalue weighted by Gasteiger charge is -2.05. The Balaban J connectivity index is 1.49. The Bertz CT molecular complexity index is 701. The number of benzene rings is 2. The third-order valence-electron chi connectivity index (χ3n) is 3.84. The van der Waals surface area contributed by atoms with Crippen molar-refractivity contribution in [1.82, 2.24) is 14.9 Å². The van der Waals surface area contributed by atoms with Gasteiger partial charge in [-0.05, 0) is 30.7 Å². The predicted octanol–water partition coefficient (Wildman–Crippen LogP) is 2.95. The second-order valence-corrected chi connectivity index (χ2v) is 5.31. The normalized spacial score (nSPS) is 11.1. The van der Waals surface area contributed by atoms with E-state index in [-0.39, 0.29) is 0 Å². The van der Waals surface area contributed by atoms with Crippen LogP contribution in [0, 0.1) is 0 Å². The second kappa shape index (κ2) is 6.55. The lowest BCUT2D eigenvalue weighted by atomic mass is 10.1. The molecule has 0 amide bonds. The van der Waals surface area contributed by atoms with Crippen molar-refractivity contribution in [2.24, 2.45) is 7.05 Å². The summed E-state index contributed by atoms with van der Waals surface area (Å²) in [5, 5.41) is 3.50. The van der Waals surface area contributed by atoms with E-state index in [0.717, 1.165) is 37.3 Å².